The summed E-state index contributed by atoms with van der Waals surface area (Å²) in [5.74, 6) is 0.0365. The fourth-order valence-electron chi connectivity index (χ4n) is 3.38. The molecule has 3 amide bonds. The standard InChI is InChI=1S/C26H19BrClIN2O5S/c1-35-21-11-16(10-19(29)24(21)36-14-15-6-8-17(28)9-7-15)12-22-25(33)31(26(34)37-22)13-23(32)30-20-5-3-2-4-18(20)27/h2-12H,13-14H2,1H3,(H,30,32)/b22-12+. The van der Waals surface area contributed by atoms with Crippen LogP contribution in [0.4, 0.5) is 10.5 Å². The highest BCUT2D eigenvalue weighted by atomic mass is 127. The lowest BCUT2D eigenvalue weighted by Crippen LogP contribution is -2.36. The molecule has 1 saturated heterocycles. The van der Waals surface area contributed by atoms with Gasteiger partial charge in [-0.25, -0.2) is 0 Å². The minimum Gasteiger partial charge on any atom is -0.493 e. The average molecular weight is 714 g/mol. The number of methoxy groups -OCH3 is 1. The fraction of sp³-hybridized carbons (Fsp3) is 0.115. The first-order valence-corrected chi connectivity index (χ1v) is 13.9. The number of para-hydroxylation sites is 1. The molecule has 0 spiro atoms. The molecule has 0 unspecified atom stereocenters. The summed E-state index contributed by atoms with van der Waals surface area (Å²) in [7, 11) is 1.53. The molecular formula is C26H19BrClIN2O5S. The minimum atomic E-state index is -0.533. The van der Waals surface area contributed by atoms with Crippen LogP contribution in [0.1, 0.15) is 11.1 Å². The number of ether oxygens (including phenoxy) is 2. The first kappa shape index (κ1) is 27.5. The number of imide groups is 1. The van der Waals surface area contributed by atoms with E-state index in [1.807, 2.05) is 24.3 Å². The van der Waals surface area contributed by atoms with Crippen molar-refractivity contribution in [2.45, 2.75) is 6.61 Å². The van der Waals surface area contributed by atoms with Gasteiger partial charge in [-0.3, -0.25) is 19.3 Å². The summed E-state index contributed by atoms with van der Waals surface area (Å²) in [5, 5.41) is 2.84. The normalized spacial score (nSPS) is 14.3. The number of rotatable bonds is 8. The van der Waals surface area contributed by atoms with Crippen molar-refractivity contribution in [1.29, 1.82) is 0 Å². The molecule has 0 radical (unpaired) electrons. The van der Waals surface area contributed by atoms with Gasteiger partial charge in [0.1, 0.15) is 13.2 Å². The molecule has 3 aromatic carbocycles. The summed E-state index contributed by atoms with van der Waals surface area (Å²) < 4.78 is 13.0. The molecule has 1 aliphatic heterocycles. The second kappa shape index (κ2) is 12.3. The third-order valence-electron chi connectivity index (χ3n) is 5.17. The van der Waals surface area contributed by atoms with Crippen LogP contribution in [0.5, 0.6) is 11.5 Å². The summed E-state index contributed by atoms with van der Waals surface area (Å²) in [4.78, 5) is 39.1. The highest BCUT2D eigenvalue weighted by Crippen LogP contribution is 2.37. The smallest absolute Gasteiger partial charge is 0.294 e. The zero-order valence-corrected chi connectivity index (χ0v) is 24.6. The molecule has 1 fully saturated rings. The van der Waals surface area contributed by atoms with E-state index in [1.54, 1.807) is 42.5 Å². The second-order valence-electron chi connectivity index (χ2n) is 7.75. The Morgan fingerprint density at radius 3 is 2.59 bits per heavy atom. The van der Waals surface area contributed by atoms with Crippen LogP contribution < -0.4 is 14.8 Å². The van der Waals surface area contributed by atoms with Gasteiger partial charge in [-0.2, -0.15) is 0 Å². The summed E-state index contributed by atoms with van der Waals surface area (Å²) in [6.07, 6.45) is 1.60. The Kier molecular flexibility index (Phi) is 9.17. The van der Waals surface area contributed by atoms with Gasteiger partial charge in [0, 0.05) is 9.50 Å². The van der Waals surface area contributed by atoms with E-state index >= 15 is 0 Å². The number of hydrogen-bond acceptors (Lipinski definition) is 6. The number of benzene rings is 3. The van der Waals surface area contributed by atoms with Crippen molar-refractivity contribution in [3.05, 3.63) is 89.8 Å². The Hall–Kier alpha value is -2.54. The number of thioether (sulfide) groups is 1. The van der Waals surface area contributed by atoms with E-state index in [0.29, 0.717) is 38.9 Å². The van der Waals surface area contributed by atoms with Crippen molar-refractivity contribution in [3.8, 4) is 11.5 Å². The van der Waals surface area contributed by atoms with Crippen LogP contribution in [0.15, 0.2) is 70.0 Å². The molecule has 1 heterocycles. The van der Waals surface area contributed by atoms with E-state index in [0.717, 1.165) is 25.8 Å². The third-order valence-corrected chi connectivity index (χ3v) is 7.82. The zero-order chi connectivity index (χ0) is 26.5. The maximum absolute atomic E-state index is 12.9. The Labute approximate surface area is 244 Å². The molecule has 0 saturated carbocycles. The van der Waals surface area contributed by atoms with Gasteiger partial charge in [-0.15, -0.1) is 0 Å². The summed E-state index contributed by atoms with van der Waals surface area (Å²) in [5.41, 5.74) is 2.15. The summed E-state index contributed by atoms with van der Waals surface area (Å²) in [6.45, 7) is -0.0644. The number of hydrogen-bond donors (Lipinski definition) is 1. The lowest BCUT2D eigenvalue weighted by molar-refractivity contribution is -0.127. The van der Waals surface area contributed by atoms with Crippen LogP contribution >= 0.6 is 61.9 Å². The number of carbonyl (C=O) groups excluding carboxylic acids is 3. The summed E-state index contributed by atoms with van der Waals surface area (Å²) in [6, 6.07) is 18.0. The molecule has 1 N–H and O–H groups in total. The van der Waals surface area contributed by atoms with E-state index in [9.17, 15) is 14.4 Å². The van der Waals surface area contributed by atoms with E-state index in [4.69, 9.17) is 21.1 Å². The van der Waals surface area contributed by atoms with Crippen molar-refractivity contribution in [2.24, 2.45) is 0 Å². The van der Waals surface area contributed by atoms with Crippen LogP contribution in [0, 0.1) is 3.57 Å². The maximum atomic E-state index is 12.9. The first-order valence-electron chi connectivity index (χ1n) is 10.8. The molecule has 190 valence electrons. The monoisotopic (exact) mass is 712 g/mol. The number of carbonyl (C=O) groups is 3. The Balaban J connectivity index is 1.47. The van der Waals surface area contributed by atoms with Crippen molar-refractivity contribution < 1.29 is 23.9 Å². The average Bonchev–Trinajstić information content (AvgIpc) is 3.12. The lowest BCUT2D eigenvalue weighted by atomic mass is 10.1. The predicted octanol–water partition coefficient (Wildman–Crippen LogP) is 6.97. The minimum absolute atomic E-state index is 0.214. The maximum Gasteiger partial charge on any atom is 0.294 e. The molecular weight excluding hydrogens is 695 g/mol. The summed E-state index contributed by atoms with van der Waals surface area (Å²) >= 11 is 12.2. The molecule has 0 aliphatic carbocycles. The second-order valence-corrected chi connectivity index (χ2v) is 11.2. The van der Waals surface area contributed by atoms with Gasteiger partial charge in [0.15, 0.2) is 11.5 Å². The number of amides is 3. The SMILES string of the molecule is COc1cc(/C=C2/SC(=O)N(CC(=O)Nc3ccccc3Br)C2=O)cc(I)c1OCc1ccc(Cl)cc1. The quantitative estimate of drug-likeness (QED) is 0.201. The number of halogens is 3. The topological polar surface area (TPSA) is 84.9 Å². The van der Waals surface area contributed by atoms with Gasteiger partial charge in [0.2, 0.25) is 5.91 Å². The number of nitrogens with zero attached hydrogens (tertiary/aromatic N) is 1. The number of nitrogens with one attached hydrogen (secondary N) is 1. The molecule has 0 bridgehead atoms. The van der Waals surface area contributed by atoms with E-state index in [2.05, 4.69) is 43.8 Å². The fourth-order valence-corrected chi connectivity index (χ4v) is 5.51. The molecule has 7 nitrogen and oxygen atoms in total. The molecule has 0 aromatic heterocycles. The van der Waals surface area contributed by atoms with E-state index < -0.39 is 17.1 Å². The molecule has 1 aliphatic rings. The highest BCUT2D eigenvalue weighted by molar-refractivity contribution is 14.1. The van der Waals surface area contributed by atoms with E-state index in [1.165, 1.54) is 7.11 Å². The van der Waals surface area contributed by atoms with Crippen LogP contribution in [0.25, 0.3) is 6.08 Å². The predicted molar refractivity (Wildman–Crippen MR) is 157 cm³/mol. The van der Waals surface area contributed by atoms with Gasteiger partial charge in [-0.1, -0.05) is 35.9 Å². The Morgan fingerprint density at radius 1 is 1.16 bits per heavy atom. The van der Waals surface area contributed by atoms with Gasteiger partial charge >= 0.3 is 0 Å². The van der Waals surface area contributed by atoms with Crippen LogP contribution in [-0.4, -0.2) is 35.6 Å². The Morgan fingerprint density at radius 2 is 1.89 bits per heavy atom. The molecule has 0 atom stereocenters. The Bertz CT molecular complexity index is 1400. The van der Waals surface area contributed by atoms with Crippen molar-refractivity contribution >= 4 is 90.7 Å². The molecule has 37 heavy (non-hydrogen) atoms. The van der Waals surface area contributed by atoms with Gasteiger partial charge in [0.25, 0.3) is 11.1 Å². The zero-order valence-electron chi connectivity index (χ0n) is 19.3. The van der Waals surface area contributed by atoms with Gasteiger partial charge in [0.05, 0.1) is 21.3 Å². The van der Waals surface area contributed by atoms with Gasteiger partial charge < -0.3 is 14.8 Å². The first-order chi connectivity index (χ1) is 17.7. The van der Waals surface area contributed by atoms with Crippen molar-refractivity contribution in [1.82, 2.24) is 4.90 Å². The third kappa shape index (κ3) is 6.86. The largest absolute Gasteiger partial charge is 0.493 e. The molecule has 4 rings (SSSR count). The van der Waals surface area contributed by atoms with Crippen LogP contribution in [0.2, 0.25) is 5.02 Å². The molecule has 11 heteroatoms. The lowest BCUT2D eigenvalue weighted by Gasteiger charge is -2.14. The highest BCUT2D eigenvalue weighted by Gasteiger charge is 2.36. The molecule has 3 aromatic rings. The van der Waals surface area contributed by atoms with Crippen LogP contribution in [0.3, 0.4) is 0 Å². The van der Waals surface area contributed by atoms with Gasteiger partial charge in [-0.05, 0) is 104 Å². The van der Waals surface area contributed by atoms with Crippen LogP contribution in [-0.2, 0) is 16.2 Å². The van der Waals surface area contributed by atoms with E-state index in [-0.39, 0.29) is 11.4 Å². The number of anilines is 1. The van der Waals surface area contributed by atoms with Crippen molar-refractivity contribution in [3.63, 3.8) is 0 Å². The van der Waals surface area contributed by atoms with Crippen molar-refractivity contribution in [2.75, 3.05) is 19.0 Å².